The first kappa shape index (κ1) is 20.5. The molecule has 4 heterocycles. The lowest BCUT2D eigenvalue weighted by Crippen LogP contribution is -2.54. The molecule has 9 nitrogen and oxygen atoms in total. The normalized spacial score (nSPS) is 30.1. The maximum atomic E-state index is 14.0. The minimum atomic E-state index is -1.25. The molecule has 1 spiro atoms. The van der Waals surface area contributed by atoms with Gasteiger partial charge in [-0.05, 0) is 56.1 Å². The highest BCUT2D eigenvalue weighted by Crippen LogP contribution is 2.61. The molecule has 2 aromatic carbocycles. The fraction of sp³-hybridized carbons (Fsp3) is 0.348. The number of anilines is 2. The molecule has 0 aromatic heterocycles. The highest BCUT2D eigenvalue weighted by molar-refractivity contribution is 9.10. The number of hydrogen-bond acceptors (Lipinski definition) is 6. The average Bonchev–Trinajstić information content (AvgIpc) is 3.47. The Bertz CT molecular complexity index is 1300. The van der Waals surface area contributed by atoms with Crippen molar-refractivity contribution in [2.45, 2.75) is 31.3 Å². The number of fused-ring (bicyclic) bond motifs is 7. The predicted octanol–water partition coefficient (Wildman–Crippen LogP) is 3.10. The van der Waals surface area contributed by atoms with Crippen molar-refractivity contribution >= 4 is 50.7 Å². The zero-order chi connectivity index (χ0) is 23.2. The number of rotatable bonds is 2. The van der Waals surface area contributed by atoms with Gasteiger partial charge in [-0.15, -0.1) is 0 Å². The minimum Gasteiger partial charge on any atom is -0.324 e. The summed E-state index contributed by atoms with van der Waals surface area (Å²) in [6, 6.07) is 9.39. The molecule has 3 amide bonds. The molecule has 3 fully saturated rings. The van der Waals surface area contributed by atoms with Gasteiger partial charge in [0.15, 0.2) is 0 Å². The lowest BCUT2D eigenvalue weighted by Gasteiger charge is -2.36. The van der Waals surface area contributed by atoms with Gasteiger partial charge in [0, 0.05) is 33.9 Å². The summed E-state index contributed by atoms with van der Waals surface area (Å²) in [5.41, 5.74) is 0.799. The summed E-state index contributed by atoms with van der Waals surface area (Å²) in [5.74, 6) is -2.56. The molecule has 1 N–H and O–H groups in total. The number of hydrogen-bond donors (Lipinski definition) is 1. The molecule has 2 aromatic rings. The predicted molar refractivity (Wildman–Crippen MR) is 121 cm³/mol. The van der Waals surface area contributed by atoms with E-state index in [1.54, 1.807) is 6.92 Å². The van der Waals surface area contributed by atoms with Gasteiger partial charge in [-0.1, -0.05) is 15.9 Å². The van der Waals surface area contributed by atoms with Crippen LogP contribution in [-0.4, -0.2) is 40.1 Å². The van der Waals surface area contributed by atoms with Crippen LogP contribution in [0.5, 0.6) is 0 Å². The summed E-state index contributed by atoms with van der Waals surface area (Å²) in [6.45, 7) is 2.28. The monoisotopic (exact) mass is 510 g/mol. The highest BCUT2D eigenvalue weighted by Gasteiger charge is 2.74. The molecule has 4 atom stereocenters. The second-order valence-electron chi connectivity index (χ2n) is 9.06. The first-order chi connectivity index (χ1) is 15.8. The molecule has 168 valence electrons. The van der Waals surface area contributed by atoms with Crippen LogP contribution in [0.2, 0.25) is 0 Å². The van der Waals surface area contributed by atoms with E-state index in [4.69, 9.17) is 0 Å². The van der Waals surface area contributed by atoms with Gasteiger partial charge < -0.3 is 5.32 Å². The molecule has 0 bridgehead atoms. The van der Waals surface area contributed by atoms with Gasteiger partial charge in [0.2, 0.25) is 17.7 Å². The lowest BCUT2D eigenvalue weighted by atomic mass is 9.75. The van der Waals surface area contributed by atoms with Crippen LogP contribution < -0.4 is 10.2 Å². The SMILES string of the molecule is Cc1cc([N+](=O)[O-])ccc1N1C(=O)[C@@H]2[C@@H](C1=O)[C@]1(C(=O)Nc3ccc(Br)cc31)N1CCC[C@@H]21. The number of carbonyl (C=O) groups excluding carboxylic acids is 3. The van der Waals surface area contributed by atoms with Crippen molar-refractivity contribution < 1.29 is 19.3 Å². The number of halogens is 1. The van der Waals surface area contributed by atoms with Gasteiger partial charge in [-0.25, -0.2) is 4.90 Å². The average molecular weight is 511 g/mol. The third-order valence-electron chi connectivity index (χ3n) is 7.59. The molecule has 4 aliphatic rings. The van der Waals surface area contributed by atoms with Crippen molar-refractivity contribution in [3.05, 3.63) is 62.1 Å². The largest absolute Gasteiger partial charge is 0.324 e. The minimum absolute atomic E-state index is 0.108. The quantitative estimate of drug-likeness (QED) is 0.377. The Balaban J connectivity index is 1.53. The van der Waals surface area contributed by atoms with Crippen LogP contribution in [0.4, 0.5) is 17.1 Å². The molecule has 4 aliphatic heterocycles. The summed E-state index contributed by atoms with van der Waals surface area (Å²) in [4.78, 5) is 55.2. The number of non-ortho nitro benzene ring substituents is 1. The van der Waals surface area contributed by atoms with Crippen LogP contribution in [0.15, 0.2) is 40.9 Å². The van der Waals surface area contributed by atoms with Gasteiger partial charge in [0.05, 0.1) is 22.4 Å². The Labute approximate surface area is 197 Å². The van der Waals surface area contributed by atoms with E-state index in [1.807, 2.05) is 18.2 Å². The lowest BCUT2D eigenvalue weighted by molar-refractivity contribution is -0.384. The fourth-order valence-corrected chi connectivity index (χ4v) is 6.78. The van der Waals surface area contributed by atoms with Crippen molar-refractivity contribution in [1.82, 2.24) is 4.90 Å². The maximum Gasteiger partial charge on any atom is 0.269 e. The van der Waals surface area contributed by atoms with Crippen LogP contribution >= 0.6 is 15.9 Å². The van der Waals surface area contributed by atoms with E-state index in [9.17, 15) is 24.5 Å². The van der Waals surface area contributed by atoms with Gasteiger partial charge in [-0.2, -0.15) is 0 Å². The van der Waals surface area contributed by atoms with Crippen LogP contribution in [0.1, 0.15) is 24.0 Å². The highest BCUT2D eigenvalue weighted by atomic mass is 79.9. The van der Waals surface area contributed by atoms with E-state index in [0.29, 0.717) is 29.0 Å². The van der Waals surface area contributed by atoms with Gasteiger partial charge in [-0.3, -0.25) is 29.4 Å². The molecule has 33 heavy (non-hydrogen) atoms. The molecular formula is C23H19BrN4O5. The Morgan fingerprint density at radius 1 is 1.15 bits per heavy atom. The molecule has 0 radical (unpaired) electrons. The number of carbonyl (C=O) groups is 3. The number of amides is 3. The fourth-order valence-electron chi connectivity index (χ4n) is 6.42. The standard InChI is InChI=1S/C23H19BrN4O5/c1-11-9-13(28(32)33)5-7-16(11)27-20(29)18-17-3-2-8-26(17)23(19(18)21(27)30)14-10-12(24)4-6-15(14)25-22(23)31/h4-7,9-10,17-19H,2-3,8H2,1H3,(H,25,31)/t17-,18-,19-,23+/m0/s1. The van der Waals surface area contributed by atoms with Crippen molar-refractivity contribution in [2.75, 3.05) is 16.8 Å². The van der Waals surface area contributed by atoms with Crippen LogP contribution in [-0.2, 0) is 19.9 Å². The van der Waals surface area contributed by atoms with E-state index in [0.717, 1.165) is 22.2 Å². The first-order valence-corrected chi connectivity index (χ1v) is 11.6. The Morgan fingerprint density at radius 3 is 2.67 bits per heavy atom. The Hall–Kier alpha value is -3.11. The van der Waals surface area contributed by atoms with Crippen molar-refractivity contribution in [3.8, 4) is 0 Å². The van der Waals surface area contributed by atoms with E-state index < -0.39 is 28.2 Å². The van der Waals surface area contributed by atoms with Crippen molar-refractivity contribution in [3.63, 3.8) is 0 Å². The van der Waals surface area contributed by atoms with E-state index in [-0.39, 0.29) is 23.5 Å². The summed E-state index contributed by atoms with van der Waals surface area (Å²) in [7, 11) is 0. The molecule has 10 heteroatoms. The zero-order valence-corrected chi connectivity index (χ0v) is 19.2. The Kier molecular flexibility index (Phi) is 4.16. The van der Waals surface area contributed by atoms with Crippen molar-refractivity contribution in [1.29, 1.82) is 0 Å². The van der Waals surface area contributed by atoms with Gasteiger partial charge >= 0.3 is 0 Å². The van der Waals surface area contributed by atoms with E-state index >= 15 is 0 Å². The topological polar surface area (TPSA) is 113 Å². The molecule has 0 saturated carbocycles. The van der Waals surface area contributed by atoms with Crippen molar-refractivity contribution in [2.24, 2.45) is 11.8 Å². The van der Waals surface area contributed by atoms with Crippen LogP contribution in [0.25, 0.3) is 0 Å². The molecule has 0 aliphatic carbocycles. The third-order valence-corrected chi connectivity index (χ3v) is 8.08. The maximum absolute atomic E-state index is 14.0. The van der Waals surface area contributed by atoms with E-state index in [1.165, 1.54) is 18.2 Å². The number of nitrogens with one attached hydrogen (secondary N) is 1. The molecular weight excluding hydrogens is 492 g/mol. The van der Waals surface area contributed by atoms with Crippen LogP contribution in [0.3, 0.4) is 0 Å². The third kappa shape index (κ3) is 2.42. The number of nitro benzene ring substituents is 1. The second-order valence-corrected chi connectivity index (χ2v) is 9.97. The first-order valence-electron chi connectivity index (χ1n) is 10.8. The smallest absolute Gasteiger partial charge is 0.269 e. The number of aryl methyl sites for hydroxylation is 1. The van der Waals surface area contributed by atoms with Crippen LogP contribution in [0, 0.1) is 28.9 Å². The van der Waals surface area contributed by atoms with Gasteiger partial charge in [0.1, 0.15) is 5.54 Å². The zero-order valence-electron chi connectivity index (χ0n) is 17.6. The number of nitrogens with zero attached hydrogens (tertiary/aromatic N) is 3. The Morgan fingerprint density at radius 2 is 1.94 bits per heavy atom. The molecule has 0 unspecified atom stereocenters. The summed E-state index contributed by atoms with van der Waals surface area (Å²) >= 11 is 3.49. The summed E-state index contributed by atoms with van der Waals surface area (Å²) in [5, 5.41) is 14.1. The van der Waals surface area contributed by atoms with E-state index in [2.05, 4.69) is 26.1 Å². The number of imide groups is 1. The molecule has 6 rings (SSSR count). The summed E-state index contributed by atoms with van der Waals surface area (Å²) < 4.78 is 0.788. The number of benzene rings is 2. The number of nitro groups is 1. The summed E-state index contributed by atoms with van der Waals surface area (Å²) in [6.07, 6.45) is 1.57. The van der Waals surface area contributed by atoms with Gasteiger partial charge in [0.25, 0.3) is 5.69 Å². The molecule has 3 saturated heterocycles. The second kappa shape index (κ2) is 6.71.